The third-order valence-corrected chi connectivity index (χ3v) is 3.48. The van der Waals surface area contributed by atoms with Crippen molar-refractivity contribution in [3.63, 3.8) is 0 Å². The molecule has 1 aromatic heterocycles. The number of pyridine rings is 1. The summed E-state index contributed by atoms with van der Waals surface area (Å²) >= 11 is 0. The maximum Gasteiger partial charge on any atom is 0.311 e. The van der Waals surface area contributed by atoms with Crippen LogP contribution in [0, 0.1) is 10.1 Å². The molecule has 1 aliphatic heterocycles. The maximum atomic E-state index is 11.2. The highest BCUT2D eigenvalue weighted by Crippen LogP contribution is 2.33. The van der Waals surface area contributed by atoms with Crippen molar-refractivity contribution in [1.82, 2.24) is 9.88 Å². The van der Waals surface area contributed by atoms with Gasteiger partial charge in [-0.25, -0.2) is 0 Å². The number of nitrogens with zero attached hydrogens (tertiary/aromatic N) is 4. The predicted molar refractivity (Wildman–Crippen MR) is 77.8 cm³/mol. The molecule has 1 N–H and O–H groups in total. The number of likely N-dealkylation sites (N-methyl/N-ethyl adjacent to an activating group) is 1. The summed E-state index contributed by atoms with van der Waals surface area (Å²) in [6.07, 6.45) is 0.0522. The van der Waals surface area contributed by atoms with Gasteiger partial charge in [-0.15, -0.1) is 0 Å². The van der Waals surface area contributed by atoms with Crippen LogP contribution in [0.1, 0.15) is 6.42 Å². The average molecular weight is 296 g/mol. The number of ether oxygens (including phenoxy) is 1. The molecule has 0 spiro atoms. The number of aliphatic hydroxyl groups is 1. The monoisotopic (exact) mass is 296 g/mol. The summed E-state index contributed by atoms with van der Waals surface area (Å²) in [7, 11) is 5.32. The van der Waals surface area contributed by atoms with Gasteiger partial charge in [0, 0.05) is 31.3 Å². The van der Waals surface area contributed by atoms with E-state index in [9.17, 15) is 15.2 Å². The van der Waals surface area contributed by atoms with E-state index in [1.54, 1.807) is 4.90 Å². The average Bonchev–Trinajstić information content (AvgIpc) is 2.77. The van der Waals surface area contributed by atoms with Gasteiger partial charge in [0.25, 0.3) is 0 Å². The van der Waals surface area contributed by atoms with Crippen molar-refractivity contribution >= 4 is 11.5 Å². The Labute approximate surface area is 123 Å². The number of aromatic nitrogens is 1. The zero-order valence-corrected chi connectivity index (χ0v) is 12.4. The molecule has 116 valence electrons. The molecule has 0 bridgehead atoms. The summed E-state index contributed by atoms with van der Waals surface area (Å²) < 4.78 is 5.06. The molecule has 0 radical (unpaired) electrons. The third kappa shape index (κ3) is 3.40. The Kier molecular flexibility index (Phi) is 4.59. The van der Waals surface area contributed by atoms with E-state index < -0.39 is 11.0 Å². The van der Waals surface area contributed by atoms with Crippen LogP contribution in [-0.2, 0) is 0 Å². The first-order chi connectivity index (χ1) is 9.92. The highest BCUT2D eigenvalue weighted by atomic mass is 16.6. The second-order valence-electron chi connectivity index (χ2n) is 5.41. The van der Waals surface area contributed by atoms with Crippen molar-refractivity contribution in [2.24, 2.45) is 0 Å². The van der Waals surface area contributed by atoms with E-state index in [1.165, 1.54) is 19.2 Å². The Morgan fingerprint density at radius 3 is 2.86 bits per heavy atom. The van der Waals surface area contributed by atoms with Gasteiger partial charge in [0.2, 0.25) is 11.7 Å². The minimum Gasteiger partial charge on any atom is -0.481 e. The molecule has 8 heteroatoms. The molecule has 2 heterocycles. The Bertz CT molecular complexity index is 523. The second kappa shape index (κ2) is 6.23. The lowest BCUT2D eigenvalue weighted by Gasteiger charge is -2.27. The number of hydrogen-bond donors (Lipinski definition) is 1. The van der Waals surface area contributed by atoms with E-state index in [1.807, 2.05) is 19.0 Å². The fourth-order valence-electron chi connectivity index (χ4n) is 2.64. The van der Waals surface area contributed by atoms with Gasteiger partial charge < -0.3 is 19.6 Å². The van der Waals surface area contributed by atoms with Gasteiger partial charge in [-0.1, -0.05) is 0 Å². The largest absolute Gasteiger partial charge is 0.481 e. The van der Waals surface area contributed by atoms with Gasteiger partial charge in [-0.2, -0.15) is 4.98 Å². The lowest BCUT2D eigenvalue weighted by Crippen LogP contribution is -2.38. The molecule has 1 aromatic rings. The van der Waals surface area contributed by atoms with Crippen LogP contribution in [0.15, 0.2) is 12.1 Å². The first-order valence-corrected chi connectivity index (χ1v) is 6.71. The number of nitro groups is 1. The molecule has 1 aliphatic rings. The fraction of sp³-hybridized carbons (Fsp3) is 0.615. The highest BCUT2D eigenvalue weighted by molar-refractivity contribution is 5.60. The van der Waals surface area contributed by atoms with Gasteiger partial charge in [-0.3, -0.25) is 10.1 Å². The third-order valence-electron chi connectivity index (χ3n) is 3.48. The Morgan fingerprint density at radius 2 is 2.29 bits per heavy atom. The van der Waals surface area contributed by atoms with Gasteiger partial charge in [-0.05, 0) is 20.5 Å². The summed E-state index contributed by atoms with van der Waals surface area (Å²) in [4.78, 5) is 18.8. The van der Waals surface area contributed by atoms with Crippen molar-refractivity contribution in [3.8, 4) is 5.88 Å². The van der Waals surface area contributed by atoms with Crippen LogP contribution in [0.4, 0.5) is 11.5 Å². The summed E-state index contributed by atoms with van der Waals surface area (Å²) in [5.74, 6) is 0.573. The fourth-order valence-corrected chi connectivity index (χ4v) is 2.64. The van der Waals surface area contributed by atoms with Gasteiger partial charge in [0.1, 0.15) is 0 Å². The van der Waals surface area contributed by atoms with Crippen molar-refractivity contribution in [2.45, 2.75) is 18.6 Å². The van der Waals surface area contributed by atoms with Crippen LogP contribution in [0.2, 0.25) is 0 Å². The van der Waals surface area contributed by atoms with Crippen LogP contribution < -0.4 is 9.64 Å². The topological polar surface area (TPSA) is 92.0 Å². The zero-order valence-electron chi connectivity index (χ0n) is 12.4. The van der Waals surface area contributed by atoms with E-state index in [-0.39, 0.29) is 17.5 Å². The number of rotatable bonds is 5. The highest BCUT2D eigenvalue weighted by Gasteiger charge is 2.36. The van der Waals surface area contributed by atoms with E-state index in [0.717, 1.165) is 0 Å². The predicted octanol–water partition coefficient (Wildman–Crippen LogP) is 0.500. The molecule has 8 nitrogen and oxygen atoms in total. The standard InChI is InChI=1S/C13H20N4O4/c1-15(2)7-9-6-10(18)8-16(9)13-11(17(19)20)4-5-12(14-13)21-3/h4-5,9-10,18H,6-8H2,1-3H3. The molecule has 0 aromatic carbocycles. The number of hydrogen-bond acceptors (Lipinski definition) is 7. The van der Waals surface area contributed by atoms with E-state index in [4.69, 9.17) is 4.74 Å². The number of aliphatic hydroxyl groups excluding tert-OH is 1. The lowest BCUT2D eigenvalue weighted by atomic mass is 10.2. The summed E-state index contributed by atoms with van der Waals surface area (Å²) in [5.41, 5.74) is -0.0753. The van der Waals surface area contributed by atoms with Crippen LogP contribution in [0.5, 0.6) is 5.88 Å². The second-order valence-corrected chi connectivity index (χ2v) is 5.41. The van der Waals surface area contributed by atoms with Crippen molar-refractivity contribution < 1.29 is 14.8 Å². The molecule has 1 fully saturated rings. The summed E-state index contributed by atoms with van der Waals surface area (Å²) in [5, 5.41) is 21.1. The molecule has 2 rings (SSSR count). The molecule has 0 amide bonds. The molecule has 1 saturated heterocycles. The number of anilines is 1. The van der Waals surface area contributed by atoms with Crippen molar-refractivity contribution in [3.05, 3.63) is 22.2 Å². The van der Waals surface area contributed by atoms with E-state index in [2.05, 4.69) is 4.98 Å². The van der Waals surface area contributed by atoms with Crippen LogP contribution >= 0.6 is 0 Å². The Hall–Kier alpha value is -1.93. The number of β-amino-alcohol motifs (C(OH)–C–C–N with tert-alkyl or cyclic N) is 1. The smallest absolute Gasteiger partial charge is 0.311 e. The Morgan fingerprint density at radius 1 is 1.57 bits per heavy atom. The van der Waals surface area contributed by atoms with E-state index in [0.29, 0.717) is 25.4 Å². The van der Waals surface area contributed by atoms with E-state index >= 15 is 0 Å². The van der Waals surface area contributed by atoms with Gasteiger partial charge >= 0.3 is 5.69 Å². The first-order valence-electron chi connectivity index (χ1n) is 6.71. The minimum atomic E-state index is -0.512. The van der Waals surface area contributed by atoms with Crippen LogP contribution in [-0.4, -0.2) is 66.4 Å². The van der Waals surface area contributed by atoms with Gasteiger partial charge in [0.05, 0.1) is 18.1 Å². The quantitative estimate of drug-likeness (QED) is 0.624. The molecule has 21 heavy (non-hydrogen) atoms. The zero-order chi connectivity index (χ0) is 15.6. The summed E-state index contributed by atoms with van der Waals surface area (Å²) in [6, 6.07) is 2.83. The molecule has 0 aliphatic carbocycles. The summed E-state index contributed by atoms with van der Waals surface area (Å²) in [6.45, 7) is 1.02. The molecular weight excluding hydrogens is 276 g/mol. The van der Waals surface area contributed by atoms with Crippen LogP contribution in [0.25, 0.3) is 0 Å². The number of methoxy groups -OCH3 is 1. The maximum absolute atomic E-state index is 11.2. The molecule has 2 atom stereocenters. The van der Waals surface area contributed by atoms with Crippen molar-refractivity contribution in [2.75, 3.05) is 39.2 Å². The first kappa shape index (κ1) is 15.5. The van der Waals surface area contributed by atoms with Crippen molar-refractivity contribution in [1.29, 1.82) is 0 Å². The normalized spacial score (nSPS) is 21.9. The molecule has 0 saturated carbocycles. The lowest BCUT2D eigenvalue weighted by molar-refractivity contribution is -0.384. The minimum absolute atomic E-state index is 0.0201. The molecule has 2 unspecified atom stereocenters. The molecular formula is C13H20N4O4. The Balaban J connectivity index is 2.39. The SMILES string of the molecule is COc1ccc([N+](=O)[O-])c(N2CC(O)CC2CN(C)C)n1. The van der Waals surface area contributed by atoms with Gasteiger partial charge in [0.15, 0.2) is 0 Å². The van der Waals surface area contributed by atoms with Crippen LogP contribution in [0.3, 0.4) is 0 Å².